The lowest BCUT2D eigenvalue weighted by Gasteiger charge is -2.07. The number of benzene rings is 2. The van der Waals surface area contributed by atoms with Crippen LogP contribution in [0.3, 0.4) is 0 Å². The van der Waals surface area contributed by atoms with Crippen molar-refractivity contribution in [3.05, 3.63) is 64.7 Å². The van der Waals surface area contributed by atoms with Gasteiger partial charge >= 0.3 is 0 Å². The summed E-state index contributed by atoms with van der Waals surface area (Å²) in [5.74, 6) is 1.21. The van der Waals surface area contributed by atoms with E-state index in [-0.39, 0.29) is 5.56 Å². The van der Waals surface area contributed by atoms with Crippen LogP contribution in [-0.2, 0) is 12.8 Å². The summed E-state index contributed by atoms with van der Waals surface area (Å²) < 4.78 is 7.27. The van der Waals surface area contributed by atoms with Crippen molar-refractivity contribution in [2.24, 2.45) is 7.05 Å². The topological polar surface area (TPSA) is 60.9 Å². The summed E-state index contributed by atoms with van der Waals surface area (Å²) in [6.45, 7) is 0. The number of hydrogen-bond acceptors (Lipinski definition) is 5. The Morgan fingerprint density at radius 2 is 1.78 bits per heavy atom. The van der Waals surface area contributed by atoms with E-state index in [0.29, 0.717) is 27.7 Å². The SMILES string of the molecule is Cn1c(CSc2nc3ccccc3o2)nc2ccccc2c1=O. The summed E-state index contributed by atoms with van der Waals surface area (Å²) in [6, 6.07) is 15.0. The van der Waals surface area contributed by atoms with Gasteiger partial charge in [0, 0.05) is 7.05 Å². The zero-order chi connectivity index (χ0) is 15.8. The van der Waals surface area contributed by atoms with Crippen molar-refractivity contribution in [1.82, 2.24) is 14.5 Å². The molecule has 0 amide bonds. The van der Waals surface area contributed by atoms with Gasteiger partial charge in [-0.1, -0.05) is 36.0 Å². The molecule has 23 heavy (non-hydrogen) atoms. The molecule has 0 aliphatic heterocycles. The third kappa shape index (κ3) is 2.51. The summed E-state index contributed by atoms with van der Waals surface area (Å²) in [5.41, 5.74) is 2.26. The Bertz CT molecular complexity index is 1040. The molecule has 0 fully saturated rings. The summed E-state index contributed by atoms with van der Waals surface area (Å²) in [5, 5.41) is 1.21. The molecule has 2 aromatic carbocycles. The molecule has 5 nitrogen and oxygen atoms in total. The molecule has 2 heterocycles. The Morgan fingerprint density at radius 3 is 2.61 bits per heavy atom. The van der Waals surface area contributed by atoms with E-state index in [9.17, 15) is 4.79 Å². The molecule has 4 aromatic rings. The lowest BCUT2D eigenvalue weighted by Crippen LogP contribution is -2.21. The highest BCUT2D eigenvalue weighted by Gasteiger charge is 2.11. The van der Waals surface area contributed by atoms with Crippen LogP contribution in [0, 0.1) is 0 Å². The standard InChI is InChI=1S/C17H13N3O2S/c1-20-15(18-12-7-3-2-6-11(12)16(20)21)10-23-17-19-13-8-4-5-9-14(13)22-17/h2-9H,10H2,1H3. The molecule has 0 N–H and O–H groups in total. The van der Waals surface area contributed by atoms with Crippen LogP contribution in [-0.4, -0.2) is 14.5 Å². The number of thioether (sulfide) groups is 1. The van der Waals surface area contributed by atoms with Gasteiger partial charge in [-0.05, 0) is 24.3 Å². The molecule has 2 aromatic heterocycles. The van der Waals surface area contributed by atoms with Crippen LogP contribution in [0.15, 0.2) is 63.0 Å². The molecule has 0 atom stereocenters. The Kier molecular flexibility index (Phi) is 3.38. The molecule has 0 aliphatic rings. The fraction of sp³-hybridized carbons (Fsp3) is 0.118. The first-order chi connectivity index (χ1) is 11.2. The van der Waals surface area contributed by atoms with E-state index in [4.69, 9.17) is 4.42 Å². The predicted octanol–water partition coefficient (Wildman–Crippen LogP) is 3.37. The monoisotopic (exact) mass is 323 g/mol. The Morgan fingerprint density at radius 1 is 1.04 bits per heavy atom. The molecular formula is C17H13N3O2S. The number of oxazole rings is 1. The first-order valence-corrected chi connectivity index (χ1v) is 8.14. The minimum atomic E-state index is -0.0382. The third-order valence-electron chi connectivity index (χ3n) is 3.67. The summed E-state index contributed by atoms with van der Waals surface area (Å²) in [4.78, 5) is 21.4. The van der Waals surface area contributed by atoms with E-state index in [1.54, 1.807) is 17.7 Å². The van der Waals surface area contributed by atoms with E-state index < -0.39 is 0 Å². The van der Waals surface area contributed by atoms with Crippen molar-refractivity contribution < 1.29 is 4.42 Å². The van der Waals surface area contributed by atoms with Gasteiger partial charge in [-0.3, -0.25) is 9.36 Å². The number of aromatic nitrogens is 3. The summed E-state index contributed by atoms with van der Waals surface area (Å²) in [7, 11) is 1.74. The second kappa shape index (κ2) is 5.55. The predicted molar refractivity (Wildman–Crippen MR) is 90.6 cm³/mol. The van der Waals surface area contributed by atoms with Crippen molar-refractivity contribution >= 4 is 33.8 Å². The molecule has 0 saturated heterocycles. The Hall–Kier alpha value is -2.60. The molecular weight excluding hydrogens is 310 g/mol. The number of rotatable bonds is 3. The fourth-order valence-corrected chi connectivity index (χ4v) is 3.25. The first-order valence-electron chi connectivity index (χ1n) is 7.15. The maximum Gasteiger partial charge on any atom is 0.261 e. The van der Waals surface area contributed by atoms with Gasteiger partial charge in [0.05, 0.1) is 16.7 Å². The van der Waals surface area contributed by atoms with Crippen LogP contribution in [0.5, 0.6) is 0 Å². The Labute approximate surface area is 136 Å². The molecule has 0 spiro atoms. The van der Waals surface area contributed by atoms with E-state index >= 15 is 0 Å². The third-order valence-corrected chi connectivity index (χ3v) is 4.50. The van der Waals surface area contributed by atoms with E-state index in [1.807, 2.05) is 42.5 Å². The lowest BCUT2D eigenvalue weighted by molar-refractivity contribution is 0.489. The highest BCUT2D eigenvalue weighted by molar-refractivity contribution is 7.98. The molecule has 0 bridgehead atoms. The second-order valence-electron chi connectivity index (χ2n) is 5.15. The number of fused-ring (bicyclic) bond motifs is 2. The maximum atomic E-state index is 12.4. The molecule has 0 radical (unpaired) electrons. The van der Waals surface area contributed by atoms with Crippen molar-refractivity contribution in [3.8, 4) is 0 Å². The zero-order valence-electron chi connectivity index (χ0n) is 12.4. The van der Waals surface area contributed by atoms with Gasteiger partial charge in [-0.2, -0.15) is 0 Å². The average Bonchev–Trinajstić information content (AvgIpc) is 3.00. The fourth-order valence-electron chi connectivity index (χ4n) is 2.43. The summed E-state index contributed by atoms with van der Waals surface area (Å²) in [6.07, 6.45) is 0. The first kappa shape index (κ1) is 14.0. The lowest BCUT2D eigenvalue weighted by atomic mass is 10.2. The molecule has 0 saturated carbocycles. The van der Waals surface area contributed by atoms with Gasteiger partial charge in [0.25, 0.3) is 10.8 Å². The van der Waals surface area contributed by atoms with Gasteiger partial charge in [0.1, 0.15) is 11.3 Å². The van der Waals surface area contributed by atoms with Crippen molar-refractivity contribution in [2.75, 3.05) is 0 Å². The second-order valence-corrected chi connectivity index (χ2v) is 6.07. The van der Waals surface area contributed by atoms with Gasteiger partial charge < -0.3 is 4.42 Å². The molecule has 4 rings (SSSR count). The highest BCUT2D eigenvalue weighted by Crippen LogP contribution is 2.25. The van der Waals surface area contributed by atoms with Gasteiger partial charge in [0.2, 0.25) is 0 Å². The maximum absolute atomic E-state index is 12.4. The molecule has 114 valence electrons. The van der Waals surface area contributed by atoms with Crippen LogP contribution in [0.25, 0.3) is 22.0 Å². The smallest absolute Gasteiger partial charge is 0.261 e. The number of hydrogen-bond donors (Lipinski definition) is 0. The van der Waals surface area contributed by atoms with Crippen LogP contribution in [0.1, 0.15) is 5.82 Å². The quantitative estimate of drug-likeness (QED) is 0.541. The summed E-state index contributed by atoms with van der Waals surface area (Å²) >= 11 is 1.43. The average molecular weight is 323 g/mol. The highest BCUT2D eigenvalue weighted by atomic mass is 32.2. The number of nitrogens with zero attached hydrogens (tertiary/aromatic N) is 3. The van der Waals surface area contributed by atoms with Crippen molar-refractivity contribution in [2.45, 2.75) is 11.0 Å². The van der Waals surface area contributed by atoms with Crippen molar-refractivity contribution in [3.63, 3.8) is 0 Å². The minimum Gasteiger partial charge on any atom is -0.431 e. The minimum absolute atomic E-state index is 0.0382. The Balaban J connectivity index is 1.67. The van der Waals surface area contributed by atoms with E-state index in [1.165, 1.54) is 11.8 Å². The normalized spacial score (nSPS) is 11.3. The molecule has 0 aliphatic carbocycles. The largest absolute Gasteiger partial charge is 0.431 e. The molecule has 0 unspecified atom stereocenters. The molecule has 6 heteroatoms. The van der Waals surface area contributed by atoms with E-state index in [0.717, 1.165) is 11.1 Å². The van der Waals surface area contributed by atoms with Crippen LogP contribution < -0.4 is 5.56 Å². The zero-order valence-corrected chi connectivity index (χ0v) is 13.2. The van der Waals surface area contributed by atoms with Crippen molar-refractivity contribution in [1.29, 1.82) is 0 Å². The van der Waals surface area contributed by atoms with Crippen LogP contribution >= 0.6 is 11.8 Å². The van der Waals surface area contributed by atoms with E-state index in [2.05, 4.69) is 9.97 Å². The van der Waals surface area contributed by atoms with Crippen LogP contribution in [0.4, 0.5) is 0 Å². The number of para-hydroxylation sites is 3. The van der Waals surface area contributed by atoms with Gasteiger partial charge in [-0.25, -0.2) is 9.97 Å². The van der Waals surface area contributed by atoms with Gasteiger partial charge in [0.15, 0.2) is 5.58 Å². The van der Waals surface area contributed by atoms with Crippen LogP contribution in [0.2, 0.25) is 0 Å². The van der Waals surface area contributed by atoms with Gasteiger partial charge in [-0.15, -0.1) is 0 Å².